The van der Waals surface area contributed by atoms with Gasteiger partial charge < -0.3 is 35.8 Å². The van der Waals surface area contributed by atoms with Crippen LogP contribution >= 0.6 is 0 Å². The number of anilines is 1. The first-order valence-electron chi connectivity index (χ1n) is 21.8. The van der Waals surface area contributed by atoms with Crippen molar-refractivity contribution in [2.45, 2.75) is 127 Å². The molecule has 0 bridgehead atoms. The predicted molar refractivity (Wildman–Crippen MR) is 226 cm³/mol. The average molecular weight is 852 g/mol. The number of sulfonamides is 1. The maximum absolute atomic E-state index is 15.2. The molecular weight excluding hydrogens is 787 g/mol. The topological polar surface area (TPSA) is 195 Å². The molecule has 15 nitrogen and oxygen atoms in total. The van der Waals surface area contributed by atoms with Crippen LogP contribution in [0.1, 0.15) is 98.8 Å². The fourth-order valence-electron chi connectivity index (χ4n) is 11.5. The quantitative estimate of drug-likeness (QED) is 0.194. The van der Waals surface area contributed by atoms with Crippen molar-refractivity contribution >= 4 is 45.4 Å². The van der Waals surface area contributed by atoms with Gasteiger partial charge in [-0.15, -0.1) is 6.58 Å². The van der Waals surface area contributed by atoms with E-state index in [1.807, 2.05) is 20.8 Å². The molecule has 6 aliphatic rings. The Hall–Kier alpha value is -4.18. The lowest BCUT2D eigenvalue weighted by molar-refractivity contribution is -0.145. The van der Waals surface area contributed by atoms with Crippen LogP contribution in [0.3, 0.4) is 0 Å². The van der Waals surface area contributed by atoms with Crippen LogP contribution in [0.5, 0.6) is 0 Å². The van der Waals surface area contributed by atoms with Crippen molar-refractivity contribution in [1.29, 1.82) is 0 Å². The van der Waals surface area contributed by atoms with E-state index in [9.17, 15) is 27.6 Å². The summed E-state index contributed by atoms with van der Waals surface area (Å²) in [5.74, 6) is -2.93. The molecule has 1 aromatic rings. The van der Waals surface area contributed by atoms with Crippen molar-refractivity contribution < 1.29 is 37.1 Å². The number of carbonyl (C=O) groups is 5. The number of benzene rings is 1. The van der Waals surface area contributed by atoms with E-state index >= 15 is 4.79 Å². The maximum Gasteiger partial charge on any atom is 0.318 e. The Morgan fingerprint density at radius 1 is 0.933 bits per heavy atom. The number of carbonyl (C=O) groups excluding carboxylic acids is 5. The highest BCUT2D eigenvalue weighted by Crippen LogP contribution is 2.88. The Labute approximate surface area is 355 Å². The molecule has 4 saturated carbocycles. The number of nitrogens with zero attached hydrogens (tertiary/aromatic N) is 2. The van der Waals surface area contributed by atoms with Gasteiger partial charge in [0, 0.05) is 38.0 Å². The van der Waals surface area contributed by atoms with Gasteiger partial charge in [0.25, 0.3) is 15.9 Å². The molecule has 2 heterocycles. The standard InChI is InChI=1S/C44H65N7O8S/c1-8-29-25-44(29,38(55)49-60(57,58)32-18-13-12-17-30(32)45-7)48-35(52)31-26-43(41(5,6)42(43)19-14-20-42)27-51(31)37(54)34(40(2,3)4)47-36(53)33(28-15-10-9-11-16-28)46-39(56)50-21-23-59-24-22-50/h8,12-13,17-18,28-29,31,33-34,45H,1,9-11,14-16,19-27H2,2-7H3,(H,46,56)(H,47,53)(H,48,52)(H,49,55)/t29-,31+,33+,34?,43-,44-/m1/s1. The van der Waals surface area contributed by atoms with Crippen LogP contribution in [0.4, 0.5) is 10.5 Å². The molecule has 1 unspecified atom stereocenters. The second kappa shape index (κ2) is 15.9. The summed E-state index contributed by atoms with van der Waals surface area (Å²) in [4.78, 5) is 75.3. The van der Waals surface area contributed by atoms with E-state index in [1.54, 1.807) is 35.0 Å². The molecule has 60 heavy (non-hydrogen) atoms. The van der Waals surface area contributed by atoms with E-state index < -0.39 is 68.6 Å². The number of fused-ring (bicyclic) bond motifs is 1. The first-order valence-corrected chi connectivity index (χ1v) is 23.3. The molecular formula is C44H65N7O8S. The van der Waals surface area contributed by atoms with Crippen molar-refractivity contribution in [1.82, 2.24) is 30.5 Å². The summed E-state index contributed by atoms with van der Waals surface area (Å²) in [6.07, 6.45) is 9.55. The lowest BCUT2D eigenvalue weighted by Crippen LogP contribution is -2.63. The summed E-state index contributed by atoms with van der Waals surface area (Å²) in [5.41, 5.74) is -2.67. The smallest absolute Gasteiger partial charge is 0.318 e. The summed E-state index contributed by atoms with van der Waals surface area (Å²) in [7, 11) is -2.77. The van der Waals surface area contributed by atoms with Gasteiger partial charge in [0.15, 0.2) is 0 Å². The summed E-state index contributed by atoms with van der Waals surface area (Å²) in [5, 5.41) is 11.9. The van der Waals surface area contributed by atoms with Crippen molar-refractivity contribution in [2.24, 2.45) is 33.5 Å². The van der Waals surface area contributed by atoms with Gasteiger partial charge in [-0.05, 0) is 72.8 Å². The molecule has 7 rings (SSSR count). The number of hydrogen-bond acceptors (Lipinski definition) is 9. The Kier molecular flexibility index (Phi) is 11.7. The lowest BCUT2D eigenvalue weighted by atomic mass is 9.73. The highest BCUT2D eigenvalue weighted by Gasteiger charge is 2.85. The van der Waals surface area contributed by atoms with Gasteiger partial charge in [0.2, 0.25) is 17.7 Å². The Morgan fingerprint density at radius 2 is 1.60 bits per heavy atom. The van der Waals surface area contributed by atoms with E-state index in [-0.39, 0.29) is 39.5 Å². The SMILES string of the molecule is C=C[C@@H]1C[C@]1(NC(=O)[C@@H]1C[C@@]2(CN1C(=O)C(NC(=O)[C@@H](NC(=O)N1CCOCC1)C1CCCCC1)C(C)(C)C)C(C)(C)C21CCC1)C(=O)NS(=O)(=O)c1ccccc1NC. The minimum absolute atomic E-state index is 0.0447. The molecule has 5 N–H and O–H groups in total. The van der Waals surface area contributed by atoms with Gasteiger partial charge in [-0.1, -0.05) is 78.5 Å². The van der Waals surface area contributed by atoms with Gasteiger partial charge in [-0.3, -0.25) is 19.2 Å². The average Bonchev–Trinajstić information content (AvgIpc) is 3.93. The highest BCUT2D eigenvalue weighted by atomic mass is 32.2. The molecule has 1 aromatic carbocycles. The van der Waals surface area contributed by atoms with Gasteiger partial charge >= 0.3 is 6.03 Å². The van der Waals surface area contributed by atoms with E-state index in [0.29, 0.717) is 45.0 Å². The van der Waals surface area contributed by atoms with Crippen LogP contribution in [0, 0.1) is 33.5 Å². The van der Waals surface area contributed by atoms with Gasteiger partial charge in [-0.25, -0.2) is 17.9 Å². The van der Waals surface area contributed by atoms with E-state index in [1.165, 1.54) is 12.1 Å². The predicted octanol–water partition coefficient (Wildman–Crippen LogP) is 3.91. The Morgan fingerprint density at radius 3 is 2.17 bits per heavy atom. The normalized spacial score (nSPS) is 29.1. The third kappa shape index (κ3) is 7.36. The number of para-hydroxylation sites is 1. The molecule has 2 saturated heterocycles. The van der Waals surface area contributed by atoms with Crippen molar-refractivity contribution in [3.8, 4) is 0 Å². The maximum atomic E-state index is 15.2. The lowest BCUT2D eigenvalue weighted by Gasteiger charge is -2.38. The molecule has 0 radical (unpaired) electrons. The van der Waals surface area contributed by atoms with Gasteiger partial charge in [0.1, 0.15) is 28.6 Å². The number of rotatable bonds is 12. The van der Waals surface area contributed by atoms with Crippen molar-refractivity contribution in [3.63, 3.8) is 0 Å². The fraction of sp³-hybridized carbons (Fsp3) is 0.705. The number of nitrogens with one attached hydrogen (secondary N) is 5. The Bertz CT molecular complexity index is 2000. The largest absolute Gasteiger partial charge is 0.387 e. The first-order chi connectivity index (χ1) is 28.3. The molecule has 0 aromatic heterocycles. The molecule has 2 spiro atoms. The first kappa shape index (κ1) is 43.9. The number of morpholine rings is 1. The third-order valence-electron chi connectivity index (χ3n) is 15.5. The monoisotopic (exact) mass is 851 g/mol. The minimum Gasteiger partial charge on any atom is -0.387 e. The Balaban J connectivity index is 1.16. The molecule has 330 valence electrons. The number of hydrogen-bond donors (Lipinski definition) is 5. The summed E-state index contributed by atoms with van der Waals surface area (Å²) < 4.78 is 34.8. The third-order valence-corrected chi connectivity index (χ3v) is 16.9. The molecule has 2 aliphatic heterocycles. The zero-order valence-electron chi connectivity index (χ0n) is 36.2. The van der Waals surface area contributed by atoms with Crippen LogP contribution < -0.4 is 26.0 Å². The van der Waals surface area contributed by atoms with E-state index in [0.717, 1.165) is 51.4 Å². The zero-order valence-corrected chi connectivity index (χ0v) is 37.0. The van der Waals surface area contributed by atoms with Crippen LogP contribution in [-0.4, -0.2) is 111 Å². The van der Waals surface area contributed by atoms with Crippen LogP contribution in [0.15, 0.2) is 41.8 Å². The van der Waals surface area contributed by atoms with E-state index in [4.69, 9.17) is 4.74 Å². The minimum atomic E-state index is -4.35. The van der Waals surface area contributed by atoms with Crippen molar-refractivity contribution in [2.75, 3.05) is 45.2 Å². The number of urea groups is 1. The van der Waals surface area contributed by atoms with Crippen molar-refractivity contribution in [3.05, 3.63) is 36.9 Å². The van der Waals surface area contributed by atoms with Crippen LogP contribution in [0.25, 0.3) is 0 Å². The number of likely N-dealkylation sites (tertiary alicyclic amines) is 1. The molecule has 4 aliphatic carbocycles. The summed E-state index contributed by atoms with van der Waals surface area (Å²) in [6, 6.07) is 2.96. The zero-order chi connectivity index (χ0) is 43.5. The van der Waals surface area contributed by atoms with Gasteiger partial charge in [-0.2, -0.15) is 0 Å². The summed E-state index contributed by atoms with van der Waals surface area (Å²) in [6.45, 7) is 15.9. The number of amides is 6. The highest BCUT2D eigenvalue weighted by molar-refractivity contribution is 7.90. The van der Waals surface area contributed by atoms with Crippen LogP contribution in [0.2, 0.25) is 0 Å². The second-order valence-electron chi connectivity index (χ2n) is 19.7. The molecule has 16 heteroatoms. The fourth-order valence-corrected chi connectivity index (χ4v) is 12.7. The van der Waals surface area contributed by atoms with Crippen LogP contribution in [-0.2, 0) is 33.9 Å². The molecule has 6 fully saturated rings. The van der Waals surface area contributed by atoms with E-state index in [2.05, 4.69) is 46.4 Å². The number of ether oxygens (including phenoxy) is 1. The molecule has 6 atom stereocenters. The van der Waals surface area contributed by atoms with Gasteiger partial charge in [0.05, 0.1) is 18.9 Å². The second-order valence-corrected chi connectivity index (χ2v) is 21.4. The molecule has 6 amide bonds. The summed E-state index contributed by atoms with van der Waals surface area (Å²) >= 11 is 0.